The normalized spacial score (nSPS) is 26.7. The Balaban J connectivity index is 2.51. The quantitative estimate of drug-likeness (QED) is 0.547. The van der Waals surface area contributed by atoms with E-state index in [1.54, 1.807) is 0 Å². The number of rotatable bonds is 2. The summed E-state index contributed by atoms with van der Waals surface area (Å²) in [5.41, 5.74) is 0. The van der Waals surface area contributed by atoms with Gasteiger partial charge in [-0.15, -0.1) is 0 Å². The molecule has 80 valence electrons. The molecule has 2 atom stereocenters. The van der Waals surface area contributed by atoms with Crippen LogP contribution in [0.25, 0.3) is 0 Å². The summed E-state index contributed by atoms with van der Waals surface area (Å²) in [6.45, 7) is 0. The van der Waals surface area contributed by atoms with E-state index < -0.39 is 0 Å². The molecule has 1 aliphatic heterocycles. The molecule has 0 amide bonds. The average molecular weight is 265 g/mol. The summed E-state index contributed by atoms with van der Waals surface area (Å²) in [5, 5.41) is 0. The molecule has 0 aliphatic carbocycles. The Morgan fingerprint density at radius 2 is 1.50 bits per heavy atom. The SMILES string of the molecule is COC(=O)C1CCCC(C(=O)OC)[Se]1. The summed E-state index contributed by atoms with van der Waals surface area (Å²) in [7, 11) is 2.78. The fraction of sp³-hybridized carbons (Fsp3) is 0.778. The predicted octanol–water partition coefficient (Wildman–Crippen LogP) is 0.797. The zero-order valence-corrected chi connectivity index (χ0v) is 10.0. The van der Waals surface area contributed by atoms with E-state index in [2.05, 4.69) is 9.47 Å². The van der Waals surface area contributed by atoms with Crippen LogP contribution in [0.5, 0.6) is 0 Å². The number of hydrogen-bond acceptors (Lipinski definition) is 4. The molecule has 14 heavy (non-hydrogen) atoms. The summed E-state index contributed by atoms with van der Waals surface area (Å²) in [5.74, 6) is -0.364. The van der Waals surface area contributed by atoms with Gasteiger partial charge in [-0.05, 0) is 0 Å². The zero-order valence-electron chi connectivity index (χ0n) is 8.32. The van der Waals surface area contributed by atoms with Gasteiger partial charge in [0.25, 0.3) is 0 Å². The van der Waals surface area contributed by atoms with Crippen molar-refractivity contribution >= 4 is 26.9 Å². The molecule has 1 rings (SSSR count). The molecule has 0 bridgehead atoms. The first kappa shape index (κ1) is 11.5. The van der Waals surface area contributed by atoms with Crippen LogP contribution in [0.15, 0.2) is 0 Å². The number of carbonyl (C=O) groups excluding carboxylic acids is 2. The third-order valence-corrected chi connectivity index (χ3v) is 5.36. The molecule has 0 radical (unpaired) electrons. The van der Waals surface area contributed by atoms with Crippen LogP contribution in [0.4, 0.5) is 0 Å². The monoisotopic (exact) mass is 266 g/mol. The van der Waals surface area contributed by atoms with E-state index in [4.69, 9.17) is 0 Å². The van der Waals surface area contributed by atoms with Crippen LogP contribution < -0.4 is 0 Å². The molecule has 0 aromatic heterocycles. The van der Waals surface area contributed by atoms with E-state index in [9.17, 15) is 9.59 Å². The molecule has 0 saturated carbocycles. The summed E-state index contributed by atoms with van der Waals surface area (Å²) >= 11 is -0.0154. The van der Waals surface area contributed by atoms with Gasteiger partial charge in [-0.25, -0.2) is 0 Å². The molecule has 0 aromatic rings. The molecule has 0 spiro atoms. The van der Waals surface area contributed by atoms with Crippen molar-refractivity contribution in [3.05, 3.63) is 0 Å². The second kappa shape index (κ2) is 5.37. The summed E-state index contributed by atoms with van der Waals surface area (Å²) in [4.78, 5) is 22.4. The van der Waals surface area contributed by atoms with Crippen LogP contribution in [0, 0.1) is 0 Å². The van der Waals surface area contributed by atoms with Crippen molar-refractivity contribution in [1.82, 2.24) is 0 Å². The van der Waals surface area contributed by atoms with E-state index in [1.807, 2.05) is 0 Å². The minimum absolute atomic E-state index is 0.0154. The van der Waals surface area contributed by atoms with Gasteiger partial charge < -0.3 is 0 Å². The van der Waals surface area contributed by atoms with Crippen molar-refractivity contribution < 1.29 is 19.1 Å². The number of methoxy groups -OCH3 is 2. The van der Waals surface area contributed by atoms with E-state index in [0.29, 0.717) is 0 Å². The van der Waals surface area contributed by atoms with Crippen LogP contribution in [0.1, 0.15) is 19.3 Å². The van der Waals surface area contributed by atoms with Crippen LogP contribution in [0.2, 0.25) is 9.63 Å². The number of esters is 2. The zero-order chi connectivity index (χ0) is 10.6. The summed E-state index contributed by atoms with van der Waals surface area (Å²) in [6.07, 6.45) is 2.60. The van der Waals surface area contributed by atoms with E-state index >= 15 is 0 Å². The van der Waals surface area contributed by atoms with Gasteiger partial charge in [-0.1, -0.05) is 0 Å². The van der Waals surface area contributed by atoms with Crippen molar-refractivity contribution in [2.24, 2.45) is 0 Å². The molecule has 1 aliphatic rings. The molecular weight excluding hydrogens is 251 g/mol. The first-order chi connectivity index (χ1) is 6.69. The Morgan fingerprint density at radius 3 is 1.86 bits per heavy atom. The van der Waals surface area contributed by atoms with Crippen molar-refractivity contribution in [2.75, 3.05) is 14.2 Å². The first-order valence-corrected chi connectivity index (χ1v) is 6.48. The van der Waals surface area contributed by atoms with Gasteiger partial charge in [0.15, 0.2) is 0 Å². The molecule has 5 heteroatoms. The van der Waals surface area contributed by atoms with Gasteiger partial charge in [0.1, 0.15) is 0 Å². The Hall–Kier alpha value is -0.541. The first-order valence-electron chi connectivity index (χ1n) is 4.50. The van der Waals surface area contributed by atoms with Crippen molar-refractivity contribution in [3.8, 4) is 0 Å². The molecule has 4 nitrogen and oxygen atoms in total. The molecule has 2 unspecified atom stereocenters. The summed E-state index contributed by atoms with van der Waals surface area (Å²) < 4.78 is 9.35. The average Bonchev–Trinajstić information content (AvgIpc) is 2.27. The van der Waals surface area contributed by atoms with Crippen LogP contribution in [-0.4, -0.2) is 41.1 Å². The van der Waals surface area contributed by atoms with Crippen molar-refractivity contribution in [3.63, 3.8) is 0 Å². The van der Waals surface area contributed by atoms with Gasteiger partial charge in [-0.3, -0.25) is 0 Å². The van der Waals surface area contributed by atoms with Gasteiger partial charge in [0.05, 0.1) is 0 Å². The van der Waals surface area contributed by atoms with E-state index in [1.165, 1.54) is 14.2 Å². The number of ether oxygens (including phenoxy) is 2. The Bertz CT molecular complexity index is 207. The predicted molar refractivity (Wildman–Crippen MR) is 51.1 cm³/mol. The van der Waals surface area contributed by atoms with Crippen molar-refractivity contribution in [2.45, 2.75) is 28.9 Å². The van der Waals surface area contributed by atoms with Gasteiger partial charge in [0.2, 0.25) is 0 Å². The fourth-order valence-electron chi connectivity index (χ4n) is 1.43. The maximum absolute atomic E-state index is 11.3. The Labute approximate surface area is 89.5 Å². The van der Waals surface area contributed by atoms with Crippen LogP contribution >= 0.6 is 0 Å². The second-order valence-electron chi connectivity index (χ2n) is 3.09. The number of hydrogen-bond donors (Lipinski definition) is 0. The summed E-state index contributed by atoms with van der Waals surface area (Å²) in [6, 6.07) is 0. The molecule has 1 fully saturated rings. The maximum atomic E-state index is 11.3. The Morgan fingerprint density at radius 1 is 1.07 bits per heavy atom. The van der Waals surface area contributed by atoms with Crippen LogP contribution in [-0.2, 0) is 19.1 Å². The molecule has 1 saturated heterocycles. The second-order valence-corrected chi connectivity index (χ2v) is 6.05. The third-order valence-electron chi connectivity index (χ3n) is 2.19. The van der Waals surface area contributed by atoms with E-state index in [0.717, 1.165) is 19.3 Å². The van der Waals surface area contributed by atoms with Gasteiger partial charge in [-0.2, -0.15) is 0 Å². The molecule has 0 aromatic carbocycles. The van der Waals surface area contributed by atoms with E-state index in [-0.39, 0.29) is 36.5 Å². The standard InChI is InChI=1S/C9H14O4Se/c1-12-8(10)6-4-3-5-7(14-6)9(11)13-2/h6-7H,3-5H2,1-2H3. The Kier molecular flexibility index (Phi) is 4.42. The van der Waals surface area contributed by atoms with Crippen molar-refractivity contribution in [1.29, 1.82) is 0 Å². The topological polar surface area (TPSA) is 52.6 Å². The molecule has 1 heterocycles. The van der Waals surface area contributed by atoms with Gasteiger partial charge in [0, 0.05) is 0 Å². The minimum atomic E-state index is -0.182. The number of carbonyl (C=O) groups is 2. The molecule has 0 N–H and O–H groups in total. The fourth-order valence-corrected chi connectivity index (χ4v) is 4.41. The third kappa shape index (κ3) is 2.72. The molecular formula is C9H14O4Se. The van der Waals surface area contributed by atoms with Gasteiger partial charge >= 0.3 is 89.1 Å². The van der Waals surface area contributed by atoms with Crippen LogP contribution in [0.3, 0.4) is 0 Å².